The lowest BCUT2D eigenvalue weighted by molar-refractivity contribution is -0.384. The smallest absolute Gasteiger partial charge is 0.269 e. The molecule has 0 spiro atoms. The van der Waals surface area contributed by atoms with Crippen molar-refractivity contribution < 1.29 is 10.0 Å². The number of rotatable bonds is 7. The Kier molecular flexibility index (Phi) is 5.57. The third-order valence-electron chi connectivity index (χ3n) is 5.33. The molecule has 2 atom stereocenters. The number of nitrogens with one attached hydrogen (secondary N) is 1. The van der Waals surface area contributed by atoms with Crippen LogP contribution in [0.4, 0.5) is 11.4 Å². The van der Waals surface area contributed by atoms with Crippen LogP contribution < -0.4 is 10.2 Å². The minimum Gasteiger partial charge on any atom is -0.388 e. The molecule has 1 aromatic heterocycles. The Bertz CT molecular complexity index is 957. The Labute approximate surface area is 167 Å². The fraction of sp³-hybridized carbons (Fsp3) is 0.333. The molecule has 0 bridgehead atoms. The van der Waals surface area contributed by atoms with Crippen molar-refractivity contribution in [1.29, 1.82) is 0 Å². The van der Waals surface area contributed by atoms with Crippen LogP contribution in [-0.2, 0) is 0 Å². The van der Waals surface area contributed by atoms with E-state index in [9.17, 15) is 15.2 Å². The van der Waals surface area contributed by atoms with E-state index in [1.165, 1.54) is 4.70 Å². The normalized spacial score (nSPS) is 17.9. The molecule has 0 saturated carbocycles. The van der Waals surface area contributed by atoms with Crippen molar-refractivity contribution in [2.45, 2.75) is 25.0 Å². The highest BCUT2D eigenvalue weighted by molar-refractivity contribution is 7.17. The van der Waals surface area contributed by atoms with Crippen LogP contribution in [0.5, 0.6) is 0 Å². The summed E-state index contributed by atoms with van der Waals surface area (Å²) in [6.45, 7) is 2.55. The van der Waals surface area contributed by atoms with Crippen LogP contribution in [0.1, 0.15) is 24.5 Å². The van der Waals surface area contributed by atoms with Crippen LogP contribution >= 0.6 is 11.3 Å². The molecule has 0 radical (unpaired) electrons. The van der Waals surface area contributed by atoms with Gasteiger partial charge in [0.1, 0.15) is 0 Å². The SMILES string of the molecule is O=[N+]([O-])c1ccc(N2CC[C@@H](NCCC(O)c3csc4ccccc34)C2)cc1. The van der Waals surface area contributed by atoms with E-state index < -0.39 is 6.10 Å². The summed E-state index contributed by atoms with van der Waals surface area (Å²) in [6.07, 6.45) is 1.24. The summed E-state index contributed by atoms with van der Waals surface area (Å²) in [5.41, 5.74) is 2.15. The van der Waals surface area contributed by atoms with Crippen molar-refractivity contribution in [3.05, 3.63) is 69.6 Å². The molecule has 1 fully saturated rings. The average Bonchev–Trinajstić information content (AvgIpc) is 3.35. The Hall–Kier alpha value is -2.48. The third-order valence-corrected chi connectivity index (χ3v) is 6.32. The summed E-state index contributed by atoms with van der Waals surface area (Å²) in [6, 6.07) is 15.3. The summed E-state index contributed by atoms with van der Waals surface area (Å²) in [4.78, 5) is 12.6. The fourth-order valence-corrected chi connectivity index (χ4v) is 4.79. The van der Waals surface area contributed by atoms with Gasteiger partial charge in [-0.25, -0.2) is 0 Å². The van der Waals surface area contributed by atoms with Gasteiger partial charge in [0.05, 0.1) is 11.0 Å². The Morgan fingerprint density at radius 1 is 1.25 bits per heavy atom. The van der Waals surface area contributed by atoms with Crippen LogP contribution in [0.25, 0.3) is 10.1 Å². The van der Waals surface area contributed by atoms with Crippen molar-refractivity contribution in [2.75, 3.05) is 24.5 Å². The van der Waals surface area contributed by atoms with E-state index in [-0.39, 0.29) is 10.6 Å². The number of hydrogen-bond acceptors (Lipinski definition) is 6. The molecule has 6 nitrogen and oxygen atoms in total. The first-order valence-electron chi connectivity index (χ1n) is 9.49. The van der Waals surface area contributed by atoms with E-state index in [1.54, 1.807) is 23.5 Å². The zero-order chi connectivity index (χ0) is 19.5. The number of non-ortho nitro benzene ring substituents is 1. The van der Waals surface area contributed by atoms with Gasteiger partial charge in [0, 0.05) is 41.7 Å². The highest BCUT2D eigenvalue weighted by Crippen LogP contribution is 2.31. The lowest BCUT2D eigenvalue weighted by Gasteiger charge is -2.19. The topological polar surface area (TPSA) is 78.6 Å². The van der Waals surface area contributed by atoms with E-state index in [4.69, 9.17) is 0 Å². The molecule has 1 unspecified atom stereocenters. The van der Waals surface area contributed by atoms with Crippen molar-refractivity contribution in [2.24, 2.45) is 0 Å². The van der Waals surface area contributed by atoms with Crippen molar-refractivity contribution in [3.63, 3.8) is 0 Å². The Morgan fingerprint density at radius 2 is 2.04 bits per heavy atom. The largest absolute Gasteiger partial charge is 0.388 e. The van der Waals surface area contributed by atoms with Crippen molar-refractivity contribution >= 4 is 32.8 Å². The monoisotopic (exact) mass is 397 g/mol. The van der Waals surface area contributed by atoms with Crippen LogP contribution in [0.15, 0.2) is 53.9 Å². The summed E-state index contributed by atoms with van der Waals surface area (Å²) in [7, 11) is 0. The van der Waals surface area contributed by atoms with Gasteiger partial charge in [0.25, 0.3) is 5.69 Å². The minimum absolute atomic E-state index is 0.118. The molecular weight excluding hydrogens is 374 g/mol. The van der Waals surface area contributed by atoms with Crippen LogP contribution in [0, 0.1) is 10.1 Å². The Balaban J connectivity index is 1.27. The van der Waals surface area contributed by atoms with Crippen molar-refractivity contribution in [1.82, 2.24) is 5.32 Å². The van der Waals surface area contributed by atoms with Gasteiger partial charge in [-0.2, -0.15) is 0 Å². The quantitative estimate of drug-likeness (QED) is 0.463. The first kappa shape index (κ1) is 18.9. The maximum atomic E-state index is 10.8. The predicted octanol–water partition coefficient (Wildman–Crippen LogP) is 4.10. The summed E-state index contributed by atoms with van der Waals surface area (Å²) in [5.74, 6) is 0. The highest BCUT2D eigenvalue weighted by Gasteiger charge is 2.23. The minimum atomic E-state index is -0.462. The summed E-state index contributed by atoms with van der Waals surface area (Å²) in [5, 5.41) is 28.1. The van der Waals surface area contributed by atoms with Gasteiger partial charge >= 0.3 is 0 Å². The first-order chi connectivity index (χ1) is 13.6. The maximum Gasteiger partial charge on any atom is 0.269 e. The predicted molar refractivity (Wildman–Crippen MR) is 113 cm³/mol. The molecule has 1 aliphatic rings. The van der Waals surface area contributed by atoms with Gasteiger partial charge in [0.2, 0.25) is 0 Å². The molecule has 4 rings (SSSR count). The maximum absolute atomic E-state index is 10.8. The van der Waals surface area contributed by atoms with E-state index >= 15 is 0 Å². The molecule has 28 heavy (non-hydrogen) atoms. The molecule has 2 aromatic carbocycles. The van der Waals surface area contributed by atoms with Crippen molar-refractivity contribution in [3.8, 4) is 0 Å². The van der Waals surface area contributed by atoms with Gasteiger partial charge in [-0.15, -0.1) is 11.3 Å². The van der Waals surface area contributed by atoms with Crippen LogP contribution in [-0.4, -0.2) is 35.7 Å². The average molecular weight is 398 g/mol. The fourth-order valence-electron chi connectivity index (χ4n) is 3.78. The third kappa shape index (κ3) is 4.01. The molecular formula is C21H23N3O3S. The number of aliphatic hydroxyl groups is 1. The summed E-state index contributed by atoms with van der Waals surface area (Å²) < 4.78 is 1.21. The van der Waals surface area contributed by atoms with Gasteiger partial charge in [-0.1, -0.05) is 18.2 Å². The molecule has 2 N–H and O–H groups in total. The van der Waals surface area contributed by atoms with E-state index in [0.717, 1.165) is 42.7 Å². The standard InChI is InChI=1S/C21H23N3O3S/c25-20(19-14-28-21-4-2-1-3-18(19)21)9-11-22-15-10-12-23(13-15)16-5-7-17(8-6-16)24(26)27/h1-8,14-15,20,22,25H,9-13H2/t15-,20?/m1/s1. The van der Waals surface area contributed by atoms with Gasteiger partial charge in [-0.3, -0.25) is 10.1 Å². The van der Waals surface area contributed by atoms with E-state index in [0.29, 0.717) is 12.5 Å². The lowest BCUT2D eigenvalue weighted by atomic mass is 10.1. The number of nitro benzene ring substituents is 1. The highest BCUT2D eigenvalue weighted by atomic mass is 32.1. The number of fused-ring (bicyclic) bond motifs is 1. The number of anilines is 1. The molecule has 0 aliphatic carbocycles. The van der Waals surface area contributed by atoms with Gasteiger partial charge < -0.3 is 15.3 Å². The second kappa shape index (κ2) is 8.26. The second-order valence-electron chi connectivity index (χ2n) is 7.15. The number of thiophene rings is 1. The number of nitrogens with zero attached hydrogens (tertiary/aromatic N) is 2. The number of benzene rings is 2. The van der Waals surface area contributed by atoms with Gasteiger partial charge in [-0.05, 0) is 53.9 Å². The van der Waals surface area contributed by atoms with Crippen LogP contribution in [0.3, 0.4) is 0 Å². The molecule has 7 heteroatoms. The van der Waals surface area contributed by atoms with E-state index in [1.807, 2.05) is 24.3 Å². The first-order valence-corrected chi connectivity index (χ1v) is 10.4. The molecule has 3 aromatic rings. The molecule has 146 valence electrons. The molecule has 0 amide bonds. The zero-order valence-corrected chi connectivity index (χ0v) is 16.3. The van der Waals surface area contributed by atoms with Crippen LogP contribution in [0.2, 0.25) is 0 Å². The number of hydrogen-bond donors (Lipinski definition) is 2. The lowest BCUT2D eigenvalue weighted by Crippen LogP contribution is -2.33. The van der Waals surface area contributed by atoms with E-state index in [2.05, 4.69) is 27.7 Å². The number of nitro groups is 1. The molecule has 1 saturated heterocycles. The van der Waals surface area contributed by atoms with Gasteiger partial charge in [0.15, 0.2) is 0 Å². The zero-order valence-electron chi connectivity index (χ0n) is 15.5. The molecule has 1 aliphatic heterocycles. The second-order valence-corrected chi connectivity index (χ2v) is 8.06. The molecule has 2 heterocycles. The summed E-state index contributed by atoms with van der Waals surface area (Å²) >= 11 is 1.67. The number of aliphatic hydroxyl groups excluding tert-OH is 1. The Morgan fingerprint density at radius 3 is 2.82 bits per heavy atom.